The summed E-state index contributed by atoms with van der Waals surface area (Å²) in [6.07, 6.45) is -26.5. The van der Waals surface area contributed by atoms with Crippen LogP contribution in [0.25, 0.3) is 0 Å². The lowest BCUT2D eigenvalue weighted by atomic mass is 9.96. The second-order valence-electron chi connectivity index (χ2n) is 19.1. The molecule has 6 aromatic carbocycles. The predicted octanol–water partition coefficient (Wildman–Crippen LogP) is 4.27. The van der Waals surface area contributed by atoms with E-state index in [1.807, 2.05) is 0 Å². The van der Waals surface area contributed by atoms with E-state index in [-0.39, 0.29) is 33.4 Å². The van der Waals surface area contributed by atoms with Gasteiger partial charge < -0.3 is 77.3 Å². The average molecular weight is 1140 g/mol. The first-order valence-corrected chi connectivity index (χ1v) is 26.3. The maximum Gasteiger partial charge on any atom is 0.338 e. The van der Waals surface area contributed by atoms with Crippen molar-refractivity contribution >= 4 is 35.8 Å². The highest BCUT2D eigenvalue weighted by Gasteiger charge is 2.57. The summed E-state index contributed by atoms with van der Waals surface area (Å²) in [6, 6.07) is 46.2. The van der Waals surface area contributed by atoms with Gasteiger partial charge in [0.25, 0.3) is 0 Å². The van der Waals surface area contributed by atoms with E-state index in [4.69, 9.17) is 56.8 Å². The highest BCUT2D eigenvalue weighted by molar-refractivity contribution is 5.92. The van der Waals surface area contributed by atoms with E-state index in [2.05, 4.69) is 0 Å². The standard InChI is InChI=1S/C61H58O22/c1-72-60-51(82-57(70)39-28-16-6-17-29-39)49(80-55(68)37-24-12-4-13-25-37)47(78-53(66)35-20-8-2-9-21-35)42(76-60)34-74-61-52(83-58(71)40-30-18-7-19-31-40)50(81-56(69)38-26-14-5-15-27-38)48(79-54(67)36-22-10-3-11-23-36)43(77-61)33-73-59-46(65)45(64)44(63)41(32-62)75-59/h2-31,41-52,59-65H,32-34H2,1H3/t41-,42-,43-,44-,45+,46+,47-,48-,49+,50+,51+,52+,59+,60+,61+/m1/s1. The first kappa shape index (κ1) is 59.4. The third-order valence-electron chi connectivity index (χ3n) is 13.6. The van der Waals surface area contributed by atoms with Gasteiger partial charge in [-0.2, -0.15) is 0 Å². The Morgan fingerprint density at radius 2 is 0.602 bits per heavy atom. The molecule has 0 radical (unpaired) electrons. The summed E-state index contributed by atoms with van der Waals surface area (Å²) in [5.41, 5.74) is 0.183. The first-order valence-electron chi connectivity index (χ1n) is 26.3. The van der Waals surface area contributed by atoms with Crippen LogP contribution in [0.1, 0.15) is 62.1 Å². The lowest BCUT2D eigenvalue weighted by Gasteiger charge is -2.47. The van der Waals surface area contributed by atoms with E-state index in [9.17, 15) is 49.2 Å². The van der Waals surface area contributed by atoms with Crippen LogP contribution < -0.4 is 0 Å². The molecule has 3 fully saturated rings. The maximum absolute atomic E-state index is 14.4. The quantitative estimate of drug-likeness (QED) is 0.0613. The number of benzene rings is 6. The predicted molar refractivity (Wildman–Crippen MR) is 284 cm³/mol. The van der Waals surface area contributed by atoms with Crippen LogP contribution in [0.15, 0.2) is 182 Å². The van der Waals surface area contributed by atoms with Gasteiger partial charge in [-0.25, -0.2) is 28.8 Å². The summed E-state index contributed by atoms with van der Waals surface area (Å²) >= 11 is 0. The molecule has 3 saturated heterocycles. The molecule has 15 atom stereocenters. The molecule has 0 unspecified atom stereocenters. The molecular weight excluding hydrogens is 1080 g/mol. The molecule has 22 nitrogen and oxygen atoms in total. The minimum atomic E-state index is -1.96. The molecule has 0 aromatic heterocycles. The molecule has 0 bridgehead atoms. The number of carbonyl (C=O) groups is 6. The van der Waals surface area contributed by atoms with Crippen molar-refractivity contribution in [3.05, 3.63) is 215 Å². The topological polar surface area (TPSA) is 294 Å². The van der Waals surface area contributed by atoms with Crippen molar-refractivity contribution in [3.63, 3.8) is 0 Å². The fourth-order valence-corrected chi connectivity index (χ4v) is 9.33. The van der Waals surface area contributed by atoms with Gasteiger partial charge >= 0.3 is 35.8 Å². The number of esters is 6. The van der Waals surface area contributed by atoms with Gasteiger partial charge in [0.15, 0.2) is 55.5 Å². The normalized spacial score (nSPS) is 27.7. The maximum atomic E-state index is 14.4. The van der Waals surface area contributed by atoms with Crippen molar-refractivity contribution in [1.29, 1.82) is 0 Å². The van der Waals surface area contributed by atoms with Crippen LogP contribution in [0.5, 0.6) is 0 Å². The van der Waals surface area contributed by atoms with E-state index in [1.165, 1.54) is 79.9 Å². The molecule has 0 aliphatic carbocycles. The van der Waals surface area contributed by atoms with Gasteiger partial charge in [-0.05, 0) is 72.8 Å². The molecule has 0 saturated carbocycles. The van der Waals surface area contributed by atoms with Crippen molar-refractivity contribution in [3.8, 4) is 0 Å². The fourth-order valence-electron chi connectivity index (χ4n) is 9.33. The minimum Gasteiger partial charge on any atom is -0.452 e. The Hall–Kier alpha value is -8.26. The molecule has 83 heavy (non-hydrogen) atoms. The molecule has 0 amide bonds. The lowest BCUT2D eigenvalue weighted by molar-refractivity contribution is -0.339. The van der Waals surface area contributed by atoms with Gasteiger partial charge in [-0.3, -0.25) is 0 Å². The Bertz CT molecular complexity index is 3080. The van der Waals surface area contributed by atoms with Crippen molar-refractivity contribution < 1.29 is 106 Å². The van der Waals surface area contributed by atoms with Crippen molar-refractivity contribution in [1.82, 2.24) is 0 Å². The molecule has 0 spiro atoms. The summed E-state index contributed by atoms with van der Waals surface area (Å²) in [4.78, 5) is 85.3. The SMILES string of the molecule is CO[C@H]1O[C@H](CO[C@H]2O[C@H](CO[C@H]3O[C@H](CO)[C@@H](O)[C@H](O)[C@@H]3O)[C@@H](OC(=O)c3ccccc3)[C@H](OC(=O)c3ccccc3)[C@@H]2OC(=O)c2ccccc2)[C@@H](OC(=O)c2ccccc2)[C@H](OC(=O)c2ccccc2)[C@@H]1OC(=O)c1ccccc1. The number of aliphatic hydroxyl groups excluding tert-OH is 4. The molecule has 9 rings (SSSR count). The Morgan fingerprint density at radius 3 is 0.916 bits per heavy atom. The number of hydrogen-bond donors (Lipinski definition) is 4. The zero-order valence-corrected chi connectivity index (χ0v) is 44.2. The molecule has 22 heteroatoms. The molecule has 4 N–H and O–H groups in total. The van der Waals surface area contributed by atoms with E-state index in [0.717, 1.165) is 0 Å². The van der Waals surface area contributed by atoms with Gasteiger partial charge in [0.1, 0.15) is 36.6 Å². The summed E-state index contributed by atoms with van der Waals surface area (Å²) < 4.78 is 74.0. The van der Waals surface area contributed by atoms with Crippen LogP contribution in [0.4, 0.5) is 0 Å². The fraction of sp³-hybridized carbons (Fsp3) is 0.311. The number of rotatable bonds is 20. The average Bonchev–Trinajstić information content (AvgIpc) is 3.61. The van der Waals surface area contributed by atoms with Crippen LogP contribution in [0, 0.1) is 0 Å². The summed E-state index contributed by atoms with van der Waals surface area (Å²) in [6.45, 7) is -2.40. The number of aliphatic hydroxyl groups is 4. The van der Waals surface area contributed by atoms with Crippen LogP contribution in [-0.2, 0) is 56.8 Å². The lowest BCUT2D eigenvalue weighted by Crippen LogP contribution is -2.65. The van der Waals surface area contributed by atoms with Gasteiger partial charge in [-0.15, -0.1) is 0 Å². The van der Waals surface area contributed by atoms with Crippen molar-refractivity contribution in [2.24, 2.45) is 0 Å². The molecule has 3 aliphatic heterocycles. The third kappa shape index (κ3) is 14.5. The minimum absolute atomic E-state index is 0.00380. The molecule has 434 valence electrons. The third-order valence-corrected chi connectivity index (χ3v) is 13.6. The highest BCUT2D eigenvalue weighted by Crippen LogP contribution is 2.36. The summed E-state index contributed by atoms with van der Waals surface area (Å²) in [5, 5.41) is 42.4. The van der Waals surface area contributed by atoms with Crippen molar-refractivity contribution in [2.45, 2.75) is 92.1 Å². The second-order valence-corrected chi connectivity index (χ2v) is 19.1. The van der Waals surface area contributed by atoms with Crippen LogP contribution in [0.3, 0.4) is 0 Å². The number of methoxy groups -OCH3 is 1. The molecular formula is C61H58O22. The van der Waals surface area contributed by atoms with E-state index in [0.29, 0.717) is 0 Å². The number of carbonyl (C=O) groups excluding carboxylic acids is 6. The molecule has 6 aromatic rings. The van der Waals surface area contributed by atoms with Gasteiger partial charge in [0.2, 0.25) is 0 Å². The van der Waals surface area contributed by atoms with Gasteiger partial charge in [0, 0.05) is 7.11 Å². The highest BCUT2D eigenvalue weighted by atomic mass is 16.8. The Labute approximate surface area is 474 Å². The monoisotopic (exact) mass is 1140 g/mol. The van der Waals surface area contributed by atoms with Crippen LogP contribution >= 0.6 is 0 Å². The summed E-state index contributed by atoms with van der Waals surface area (Å²) in [5.74, 6) is -5.83. The van der Waals surface area contributed by atoms with E-state index < -0.39 is 148 Å². The number of ether oxygens (including phenoxy) is 12. The van der Waals surface area contributed by atoms with Gasteiger partial charge in [-0.1, -0.05) is 109 Å². The van der Waals surface area contributed by atoms with Crippen LogP contribution in [-0.4, -0.2) is 175 Å². The number of hydrogen-bond acceptors (Lipinski definition) is 22. The summed E-state index contributed by atoms with van der Waals surface area (Å²) in [7, 11) is 1.21. The van der Waals surface area contributed by atoms with Crippen LogP contribution in [0.2, 0.25) is 0 Å². The van der Waals surface area contributed by atoms with E-state index >= 15 is 0 Å². The Morgan fingerprint density at radius 1 is 0.337 bits per heavy atom. The zero-order chi connectivity index (χ0) is 58.4. The molecule has 3 heterocycles. The largest absolute Gasteiger partial charge is 0.452 e. The second kappa shape index (κ2) is 28.1. The van der Waals surface area contributed by atoms with E-state index in [1.54, 1.807) is 109 Å². The van der Waals surface area contributed by atoms with Crippen molar-refractivity contribution in [2.75, 3.05) is 26.9 Å². The Balaban J connectivity index is 1.13. The molecule has 3 aliphatic rings. The Kier molecular flexibility index (Phi) is 20.1. The first-order chi connectivity index (χ1) is 40.3. The zero-order valence-electron chi connectivity index (χ0n) is 44.2. The smallest absolute Gasteiger partial charge is 0.338 e. The van der Waals surface area contributed by atoms with Gasteiger partial charge in [0.05, 0.1) is 53.2 Å².